The topological polar surface area (TPSA) is 44.7 Å². The smallest absolute Gasteiger partial charge is 0.243 e. The second-order valence-electron chi connectivity index (χ2n) is 6.58. The zero-order valence-electron chi connectivity index (χ0n) is 14.7. The first kappa shape index (κ1) is 20.2. The van der Waals surface area contributed by atoms with Gasteiger partial charge in [0.25, 0.3) is 0 Å². The van der Waals surface area contributed by atoms with Gasteiger partial charge in [-0.25, -0.2) is 5.43 Å². The maximum atomic E-state index is 12.3. The van der Waals surface area contributed by atoms with Crippen LogP contribution in [-0.4, -0.2) is 30.1 Å². The fourth-order valence-electron chi connectivity index (χ4n) is 3.06. The summed E-state index contributed by atoms with van der Waals surface area (Å²) in [5, 5.41) is 5.72. The van der Waals surface area contributed by atoms with Gasteiger partial charge in [-0.15, -0.1) is 0 Å². The molecular formula is C20H20Cl3N3O. The first-order valence-electron chi connectivity index (χ1n) is 8.76. The molecule has 4 nitrogen and oxygen atoms in total. The molecule has 1 amide bonds. The Hall–Kier alpha value is -1.59. The van der Waals surface area contributed by atoms with Crippen LogP contribution in [0.3, 0.4) is 0 Å². The summed E-state index contributed by atoms with van der Waals surface area (Å²) < 4.78 is 0. The molecule has 0 bridgehead atoms. The number of likely N-dealkylation sites (tertiary alicyclic amines) is 1. The molecule has 142 valence electrons. The van der Waals surface area contributed by atoms with E-state index in [1.807, 2.05) is 24.3 Å². The third-order valence-corrected chi connectivity index (χ3v) is 5.60. The molecule has 0 radical (unpaired) electrons. The molecule has 1 aliphatic heterocycles. The van der Waals surface area contributed by atoms with Crippen LogP contribution >= 0.6 is 34.8 Å². The third kappa shape index (κ3) is 5.94. The number of nitrogens with zero attached hydrogens (tertiary/aromatic N) is 2. The number of piperidine rings is 1. The maximum absolute atomic E-state index is 12.3. The molecule has 2 aromatic rings. The Morgan fingerprint density at radius 1 is 1.07 bits per heavy atom. The molecule has 7 heteroatoms. The van der Waals surface area contributed by atoms with Gasteiger partial charge in [0, 0.05) is 17.5 Å². The molecule has 1 fully saturated rings. The maximum Gasteiger partial charge on any atom is 0.243 e. The molecule has 0 unspecified atom stereocenters. The second-order valence-corrected chi connectivity index (χ2v) is 7.84. The van der Waals surface area contributed by atoms with Crippen LogP contribution in [0.2, 0.25) is 15.1 Å². The van der Waals surface area contributed by atoms with Crippen molar-refractivity contribution in [1.29, 1.82) is 0 Å². The molecule has 0 saturated carbocycles. The van der Waals surface area contributed by atoms with Gasteiger partial charge in [0.15, 0.2) is 0 Å². The SMILES string of the molecule is O=C(NN=Cc1ccc(Cl)c(Cl)c1)C1CCN(Cc2ccc(Cl)cc2)CC1. The van der Waals surface area contributed by atoms with Crippen LogP contribution in [0.1, 0.15) is 24.0 Å². The van der Waals surface area contributed by atoms with Crippen molar-refractivity contribution < 1.29 is 4.79 Å². The molecule has 27 heavy (non-hydrogen) atoms. The number of halogens is 3. The molecular weight excluding hydrogens is 405 g/mol. The Balaban J connectivity index is 1.44. The van der Waals surface area contributed by atoms with Gasteiger partial charge in [-0.2, -0.15) is 5.10 Å². The first-order chi connectivity index (χ1) is 13.0. The minimum Gasteiger partial charge on any atom is -0.299 e. The molecule has 2 aromatic carbocycles. The summed E-state index contributed by atoms with van der Waals surface area (Å²) in [5.41, 5.74) is 4.64. The first-order valence-corrected chi connectivity index (χ1v) is 9.89. The monoisotopic (exact) mass is 423 g/mol. The summed E-state index contributed by atoms with van der Waals surface area (Å²) in [6.07, 6.45) is 3.21. The summed E-state index contributed by atoms with van der Waals surface area (Å²) >= 11 is 17.8. The van der Waals surface area contributed by atoms with Crippen LogP contribution in [-0.2, 0) is 11.3 Å². The average Bonchev–Trinajstić information content (AvgIpc) is 2.67. The molecule has 1 aliphatic rings. The lowest BCUT2D eigenvalue weighted by Gasteiger charge is -2.30. The standard InChI is InChI=1S/C20H20Cl3N3O/c21-17-4-1-14(2-5-17)13-26-9-7-16(8-10-26)20(27)25-24-12-15-3-6-18(22)19(23)11-15/h1-6,11-12,16H,7-10,13H2,(H,25,27). The molecule has 1 N–H and O–H groups in total. The van der Waals surface area contributed by atoms with Crippen molar-refractivity contribution >= 4 is 46.9 Å². The molecule has 0 aromatic heterocycles. The molecule has 0 aliphatic carbocycles. The summed E-state index contributed by atoms with van der Waals surface area (Å²) in [6.45, 7) is 2.65. The zero-order valence-corrected chi connectivity index (χ0v) is 16.9. The molecule has 1 heterocycles. The van der Waals surface area contributed by atoms with E-state index in [0.717, 1.165) is 43.1 Å². The van der Waals surface area contributed by atoms with Gasteiger partial charge in [0.2, 0.25) is 5.91 Å². The van der Waals surface area contributed by atoms with Gasteiger partial charge in [0.05, 0.1) is 16.3 Å². The quantitative estimate of drug-likeness (QED) is 0.542. The van der Waals surface area contributed by atoms with E-state index in [9.17, 15) is 4.79 Å². The Labute approximate surface area is 174 Å². The van der Waals surface area contributed by atoms with Crippen LogP contribution < -0.4 is 5.43 Å². The van der Waals surface area contributed by atoms with Crippen molar-refractivity contribution in [3.05, 3.63) is 68.7 Å². The number of hydrogen-bond donors (Lipinski definition) is 1. The van der Waals surface area contributed by atoms with Gasteiger partial charge in [0.1, 0.15) is 0 Å². The van der Waals surface area contributed by atoms with Crippen LogP contribution in [0.5, 0.6) is 0 Å². The number of hydrazone groups is 1. The summed E-state index contributed by atoms with van der Waals surface area (Å²) in [4.78, 5) is 14.7. The number of carbonyl (C=O) groups excluding carboxylic acids is 1. The van der Waals surface area contributed by atoms with Crippen molar-refractivity contribution in [3.8, 4) is 0 Å². The second kappa shape index (κ2) is 9.56. The lowest BCUT2D eigenvalue weighted by Crippen LogP contribution is -2.39. The van der Waals surface area contributed by atoms with E-state index in [1.165, 1.54) is 5.56 Å². The van der Waals surface area contributed by atoms with E-state index < -0.39 is 0 Å². The van der Waals surface area contributed by atoms with Crippen molar-refractivity contribution in [2.45, 2.75) is 19.4 Å². The van der Waals surface area contributed by atoms with Gasteiger partial charge >= 0.3 is 0 Å². The van der Waals surface area contributed by atoms with Crippen LogP contribution in [0, 0.1) is 5.92 Å². The van der Waals surface area contributed by atoms with E-state index >= 15 is 0 Å². The fourth-order valence-corrected chi connectivity index (χ4v) is 3.49. The largest absolute Gasteiger partial charge is 0.299 e. The van der Waals surface area contributed by atoms with Crippen LogP contribution in [0.25, 0.3) is 0 Å². The number of rotatable bonds is 5. The van der Waals surface area contributed by atoms with Crippen molar-refractivity contribution in [2.24, 2.45) is 11.0 Å². The van der Waals surface area contributed by atoms with Crippen molar-refractivity contribution in [3.63, 3.8) is 0 Å². The highest BCUT2D eigenvalue weighted by molar-refractivity contribution is 6.42. The third-order valence-electron chi connectivity index (χ3n) is 4.61. The Kier molecular flexibility index (Phi) is 7.13. The van der Waals surface area contributed by atoms with E-state index in [-0.39, 0.29) is 11.8 Å². The predicted molar refractivity (Wildman–Crippen MR) is 112 cm³/mol. The minimum atomic E-state index is -0.0440. The zero-order chi connectivity index (χ0) is 19.2. The van der Waals surface area contributed by atoms with Gasteiger partial charge in [-0.3, -0.25) is 9.69 Å². The highest BCUT2D eigenvalue weighted by atomic mass is 35.5. The number of carbonyl (C=O) groups is 1. The van der Waals surface area contributed by atoms with E-state index in [0.29, 0.717) is 10.0 Å². The number of amides is 1. The fraction of sp³-hybridized carbons (Fsp3) is 0.300. The molecule has 3 rings (SSSR count). The van der Waals surface area contributed by atoms with Gasteiger partial charge in [-0.05, 0) is 61.3 Å². The minimum absolute atomic E-state index is 0.0163. The van der Waals surface area contributed by atoms with Crippen molar-refractivity contribution in [1.82, 2.24) is 10.3 Å². The highest BCUT2D eigenvalue weighted by Crippen LogP contribution is 2.22. The molecule has 0 atom stereocenters. The number of nitrogens with one attached hydrogen (secondary N) is 1. The Morgan fingerprint density at radius 2 is 1.78 bits per heavy atom. The lowest BCUT2D eigenvalue weighted by molar-refractivity contribution is -0.126. The molecule has 0 spiro atoms. The van der Waals surface area contributed by atoms with E-state index in [2.05, 4.69) is 15.4 Å². The Morgan fingerprint density at radius 3 is 2.44 bits per heavy atom. The van der Waals surface area contributed by atoms with Gasteiger partial charge in [-0.1, -0.05) is 53.0 Å². The number of hydrogen-bond acceptors (Lipinski definition) is 3. The lowest BCUT2D eigenvalue weighted by atomic mass is 9.96. The Bertz CT molecular complexity index is 816. The van der Waals surface area contributed by atoms with E-state index in [4.69, 9.17) is 34.8 Å². The van der Waals surface area contributed by atoms with Crippen molar-refractivity contribution in [2.75, 3.05) is 13.1 Å². The number of benzene rings is 2. The average molecular weight is 425 g/mol. The van der Waals surface area contributed by atoms with Crippen LogP contribution in [0.15, 0.2) is 47.6 Å². The predicted octanol–water partition coefficient (Wildman–Crippen LogP) is 5.01. The normalized spacial score (nSPS) is 16.0. The molecule has 1 saturated heterocycles. The summed E-state index contributed by atoms with van der Waals surface area (Å²) in [7, 11) is 0. The summed E-state index contributed by atoms with van der Waals surface area (Å²) in [5.74, 6) is -0.0603. The van der Waals surface area contributed by atoms with Crippen LogP contribution in [0.4, 0.5) is 0 Å². The van der Waals surface area contributed by atoms with Gasteiger partial charge < -0.3 is 0 Å². The van der Waals surface area contributed by atoms with E-state index in [1.54, 1.807) is 24.4 Å². The highest BCUT2D eigenvalue weighted by Gasteiger charge is 2.24. The summed E-state index contributed by atoms with van der Waals surface area (Å²) in [6, 6.07) is 13.1.